The summed E-state index contributed by atoms with van der Waals surface area (Å²) >= 11 is 0. The lowest BCUT2D eigenvalue weighted by atomic mass is 10.1. The van der Waals surface area contributed by atoms with Crippen molar-refractivity contribution in [3.63, 3.8) is 0 Å². The maximum Gasteiger partial charge on any atom is 0.250 e. The van der Waals surface area contributed by atoms with E-state index in [1.54, 1.807) is 7.11 Å². The molecule has 1 unspecified atom stereocenters. The van der Waals surface area contributed by atoms with Crippen LogP contribution in [0.4, 0.5) is 0 Å². The zero-order valence-corrected chi connectivity index (χ0v) is 10.8. The van der Waals surface area contributed by atoms with Crippen LogP contribution in [-0.2, 0) is 11.2 Å². The fourth-order valence-electron chi connectivity index (χ4n) is 2.04. The number of rotatable bonds is 5. The molecule has 1 heterocycles. The lowest BCUT2D eigenvalue weighted by Gasteiger charge is -2.04. The highest BCUT2D eigenvalue weighted by Crippen LogP contribution is 2.15. The number of aliphatic imine (C=N–C) groups is 1. The van der Waals surface area contributed by atoms with Crippen LogP contribution in [0, 0.1) is 0 Å². The summed E-state index contributed by atoms with van der Waals surface area (Å²) in [4.78, 5) is 16.1. The summed E-state index contributed by atoms with van der Waals surface area (Å²) in [5.41, 5.74) is 1.09. The lowest BCUT2D eigenvalue weighted by molar-refractivity contribution is -0.120. The molecular formula is C14H18N2O2. The van der Waals surface area contributed by atoms with Gasteiger partial charge in [0.15, 0.2) is 0 Å². The zero-order valence-electron chi connectivity index (χ0n) is 10.8. The second-order valence-electron chi connectivity index (χ2n) is 4.40. The van der Waals surface area contributed by atoms with Crippen LogP contribution in [0.3, 0.4) is 0 Å². The molecule has 0 radical (unpaired) electrons. The maximum atomic E-state index is 11.6. The summed E-state index contributed by atoms with van der Waals surface area (Å²) in [6.45, 7) is 2.06. The molecule has 0 saturated carbocycles. The molecule has 4 heteroatoms. The fraction of sp³-hybridized carbons (Fsp3) is 0.429. The van der Waals surface area contributed by atoms with Crippen LogP contribution >= 0.6 is 0 Å². The molecule has 0 bridgehead atoms. The van der Waals surface area contributed by atoms with Crippen LogP contribution in [-0.4, -0.2) is 24.9 Å². The first-order valence-corrected chi connectivity index (χ1v) is 6.23. The quantitative estimate of drug-likeness (QED) is 0.863. The highest BCUT2D eigenvalue weighted by atomic mass is 16.5. The van der Waals surface area contributed by atoms with Crippen LogP contribution in [0.1, 0.15) is 25.3 Å². The molecular weight excluding hydrogens is 228 g/mol. The molecule has 1 aliphatic rings. The maximum absolute atomic E-state index is 11.6. The molecule has 0 saturated heterocycles. The molecule has 96 valence electrons. The smallest absolute Gasteiger partial charge is 0.250 e. The van der Waals surface area contributed by atoms with Crippen molar-refractivity contribution in [2.24, 2.45) is 4.99 Å². The Morgan fingerprint density at radius 3 is 3.00 bits per heavy atom. The summed E-state index contributed by atoms with van der Waals surface area (Å²) in [7, 11) is 1.64. The Bertz CT molecular complexity index is 469. The number of carbonyl (C=O) groups excluding carboxylic acids is 1. The van der Waals surface area contributed by atoms with Gasteiger partial charge in [-0.1, -0.05) is 25.5 Å². The molecule has 1 aliphatic heterocycles. The lowest BCUT2D eigenvalue weighted by Crippen LogP contribution is -2.29. The molecule has 1 N–H and O–H groups in total. The van der Waals surface area contributed by atoms with Crippen molar-refractivity contribution in [1.29, 1.82) is 0 Å². The van der Waals surface area contributed by atoms with Gasteiger partial charge in [-0.3, -0.25) is 9.79 Å². The molecule has 2 rings (SSSR count). The van der Waals surface area contributed by atoms with Crippen molar-refractivity contribution in [2.75, 3.05) is 7.11 Å². The Morgan fingerprint density at radius 2 is 2.28 bits per heavy atom. The van der Waals surface area contributed by atoms with E-state index in [9.17, 15) is 4.79 Å². The van der Waals surface area contributed by atoms with E-state index in [4.69, 9.17) is 4.74 Å². The number of methoxy groups -OCH3 is 1. The predicted octanol–water partition coefficient (Wildman–Crippen LogP) is 1.93. The van der Waals surface area contributed by atoms with E-state index in [-0.39, 0.29) is 11.9 Å². The first-order chi connectivity index (χ1) is 8.72. The largest absolute Gasteiger partial charge is 0.497 e. The Morgan fingerprint density at radius 1 is 1.44 bits per heavy atom. The standard InChI is InChI=1S/C14H18N2O2/c1-3-5-12-14(17)16-13(15-12)9-10-6-4-7-11(8-10)18-2/h4,6-8,12H,3,5,9H2,1-2H3,(H,15,16,17). The highest BCUT2D eigenvalue weighted by Gasteiger charge is 2.24. The van der Waals surface area contributed by atoms with Gasteiger partial charge in [0, 0.05) is 6.42 Å². The molecule has 1 atom stereocenters. The number of ether oxygens (including phenoxy) is 1. The molecule has 4 nitrogen and oxygen atoms in total. The van der Waals surface area contributed by atoms with Crippen molar-refractivity contribution in [2.45, 2.75) is 32.2 Å². The van der Waals surface area contributed by atoms with E-state index in [2.05, 4.69) is 17.2 Å². The Labute approximate surface area is 107 Å². The molecule has 18 heavy (non-hydrogen) atoms. The molecule has 0 aliphatic carbocycles. The Kier molecular flexibility index (Phi) is 3.97. The van der Waals surface area contributed by atoms with Crippen LogP contribution in [0.15, 0.2) is 29.3 Å². The van der Waals surface area contributed by atoms with Crippen LogP contribution in [0.2, 0.25) is 0 Å². The van der Waals surface area contributed by atoms with Crippen molar-refractivity contribution >= 4 is 11.7 Å². The van der Waals surface area contributed by atoms with E-state index in [0.29, 0.717) is 6.42 Å². The van der Waals surface area contributed by atoms with E-state index >= 15 is 0 Å². The van der Waals surface area contributed by atoms with Gasteiger partial charge in [0.1, 0.15) is 17.6 Å². The number of amides is 1. The minimum atomic E-state index is -0.199. The molecule has 0 aromatic heterocycles. The number of amidine groups is 1. The number of benzene rings is 1. The number of nitrogens with one attached hydrogen (secondary N) is 1. The van der Waals surface area contributed by atoms with E-state index < -0.39 is 0 Å². The minimum Gasteiger partial charge on any atom is -0.497 e. The Balaban J connectivity index is 2.05. The normalized spacial score (nSPS) is 18.4. The van der Waals surface area contributed by atoms with E-state index in [1.807, 2.05) is 24.3 Å². The minimum absolute atomic E-state index is 0.0229. The highest BCUT2D eigenvalue weighted by molar-refractivity contribution is 6.06. The number of nitrogens with zero attached hydrogens (tertiary/aromatic N) is 1. The average molecular weight is 246 g/mol. The van der Waals surface area contributed by atoms with Crippen LogP contribution in [0.25, 0.3) is 0 Å². The number of carbonyl (C=O) groups is 1. The van der Waals surface area contributed by atoms with Crippen LogP contribution < -0.4 is 10.1 Å². The SMILES string of the molecule is CCCC1N=C(Cc2cccc(OC)c2)NC1=O. The van der Waals surface area contributed by atoms with Gasteiger partial charge in [0.25, 0.3) is 0 Å². The number of hydrogen-bond donors (Lipinski definition) is 1. The number of hydrogen-bond acceptors (Lipinski definition) is 3. The third kappa shape index (κ3) is 2.88. The third-order valence-electron chi connectivity index (χ3n) is 2.95. The Hall–Kier alpha value is -1.84. The van der Waals surface area contributed by atoms with Crippen molar-refractivity contribution in [1.82, 2.24) is 5.32 Å². The zero-order chi connectivity index (χ0) is 13.0. The monoisotopic (exact) mass is 246 g/mol. The summed E-state index contributed by atoms with van der Waals surface area (Å²) in [5, 5.41) is 2.84. The van der Waals surface area contributed by atoms with Crippen LogP contribution in [0.5, 0.6) is 5.75 Å². The van der Waals surface area contributed by atoms with Crippen molar-refractivity contribution in [3.8, 4) is 5.75 Å². The first kappa shape index (κ1) is 12.6. The van der Waals surface area contributed by atoms with Gasteiger partial charge >= 0.3 is 0 Å². The molecule has 1 aromatic rings. The van der Waals surface area contributed by atoms with Gasteiger partial charge in [-0.2, -0.15) is 0 Å². The predicted molar refractivity (Wildman–Crippen MR) is 71.0 cm³/mol. The molecule has 1 aromatic carbocycles. The van der Waals surface area contributed by atoms with Crippen molar-refractivity contribution in [3.05, 3.63) is 29.8 Å². The van der Waals surface area contributed by atoms with E-state index in [1.165, 1.54) is 0 Å². The van der Waals surface area contributed by atoms with Gasteiger partial charge in [-0.25, -0.2) is 0 Å². The second-order valence-corrected chi connectivity index (χ2v) is 4.40. The molecule has 0 fully saturated rings. The second kappa shape index (κ2) is 5.67. The first-order valence-electron chi connectivity index (χ1n) is 6.23. The molecule has 0 spiro atoms. The third-order valence-corrected chi connectivity index (χ3v) is 2.95. The van der Waals surface area contributed by atoms with Gasteiger partial charge in [0.05, 0.1) is 7.11 Å². The average Bonchev–Trinajstić information content (AvgIpc) is 2.70. The van der Waals surface area contributed by atoms with E-state index in [0.717, 1.165) is 30.0 Å². The summed E-state index contributed by atoms with van der Waals surface area (Å²) in [6, 6.07) is 7.61. The summed E-state index contributed by atoms with van der Waals surface area (Å²) in [5.74, 6) is 1.60. The summed E-state index contributed by atoms with van der Waals surface area (Å²) < 4.78 is 5.17. The van der Waals surface area contributed by atoms with Gasteiger partial charge in [0.2, 0.25) is 5.91 Å². The molecule has 1 amide bonds. The van der Waals surface area contributed by atoms with Gasteiger partial charge < -0.3 is 10.1 Å². The fourth-order valence-corrected chi connectivity index (χ4v) is 2.04. The van der Waals surface area contributed by atoms with Gasteiger partial charge in [-0.05, 0) is 24.1 Å². The summed E-state index contributed by atoms with van der Waals surface area (Å²) in [6.07, 6.45) is 2.42. The van der Waals surface area contributed by atoms with Crippen molar-refractivity contribution < 1.29 is 9.53 Å². The van der Waals surface area contributed by atoms with Gasteiger partial charge in [-0.15, -0.1) is 0 Å². The topological polar surface area (TPSA) is 50.7 Å².